The van der Waals surface area contributed by atoms with Gasteiger partial charge in [-0.25, -0.2) is 0 Å². The molecule has 0 unspecified atom stereocenters. The Morgan fingerprint density at radius 1 is 1.26 bits per heavy atom. The van der Waals surface area contributed by atoms with Crippen LogP contribution in [0.5, 0.6) is 5.75 Å². The molecule has 0 bridgehead atoms. The number of para-hydroxylation sites is 1. The molecule has 0 amide bonds. The largest absolute Gasteiger partial charge is 0.493 e. The lowest BCUT2D eigenvalue weighted by Crippen LogP contribution is -2.36. The van der Waals surface area contributed by atoms with Crippen molar-refractivity contribution in [3.8, 4) is 5.75 Å². The van der Waals surface area contributed by atoms with Gasteiger partial charge in [-0.1, -0.05) is 18.2 Å². The van der Waals surface area contributed by atoms with E-state index in [0.717, 1.165) is 56.8 Å². The lowest BCUT2D eigenvalue weighted by atomic mass is 10.1. The molecule has 1 aromatic carbocycles. The number of rotatable bonds is 6. The molecule has 4 nitrogen and oxygen atoms in total. The normalized spacial score (nSPS) is 17.6. The van der Waals surface area contributed by atoms with E-state index >= 15 is 0 Å². The Bertz CT molecular complexity index is 376. The lowest BCUT2D eigenvalue weighted by Gasteiger charge is -2.29. The Labute approximate surface area is 115 Å². The molecule has 0 radical (unpaired) electrons. The number of benzene rings is 1. The molecule has 1 aliphatic heterocycles. The van der Waals surface area contributed by atoms with Crippen LogP contribution in [-0.2, 0) is 6.54 Å². The van der Waals surface area contributed by atoms with Crippen LogP contribution in [0, 0.1) is 0 Å². The Kier molecular flexibility index (Phi) is 5.63. The summed E-state index contributed by atoms with van der Waals surface area (Å²) in [4.78, 5) is 2.39. The highest BCUT2D eigenvalue weighted by Gasteiger charge is 2.16. The molecule has 1 fully saturated rings. The highest BCUT2D eigenvalue weighted by atomic mass is 16.5. The molecule has 2 rings (SSSR count). The topological polar surface area (TPSA) is 58.7 Å². The third-order valence-electron chi connectivity index (χ3n) is 3.63. The molecular weight excluding hydrogens is 240 g/mol. The molecule has 1 heterocycles. The molecule has 0 atom stereocenters. The minimum Gasteiger partial charge on any atom is -0.493 e. The second-order valence-electron chi connectivity index (χ2n) is 5.09. The summed E-state index contributed by atoms with van der Waals surface area (Å²) in [5.74, 6) is 0.902. The van der Waals surface area contributed by atoms with Gasteiger partial charge >= 0.3 is 0 Å². The van der Waals surface area contributed by atoms with E-state index in [9.17, 15) is 5.11 Å². The van der Waals surface area contributed by atoms with Crippen LogP contribution in [-0.4, -0.2) is 42.4 Å². The summed E-state index contributed by atoms with van der Waals surface area (Å²) in [7, 11) is 0. The molecular formula is C15H24N2O2. The summed E-state index contributed by atoms with van der Waals surface area (Å²) in [6.45, 7) is 4.27. The number of aliphatic hydroxyl groups is 1. The fourth-order valence-corrected chi connectivity index (χ4v) is 2.43. The minimum absolute atomic E-state index is 0.0936. The maximum atomic E-state index is 9.44. The average molecular weight is 264 g/mol. The van der Waals surface area contributed by atoms with Crippen LogP contribution in [0.4, 0.5) is 0 Å². The van der Waals surface area contributed by atoms with Crippen LogP contribution in [0.25, 0.3) is 0 Å². The van der Waals surface area contributed by atoms with Gasteiger partial charge in [-0.15, -0.1) is 0 Å². The van der Waals surface area contributed by atoms with Gasteiger partial charge in [0.2, 0.25) is 0 Å². The van der Waals surface area contributed by atoms with Crippen molar-refractivity contribution in [2.24, 2.45) is 5.73 Å². The van der Waals surface area contributed by atoms with Gasteiger partial charge in [0.1, 0.15) is 5.75 Å². The van der Waals surface area contributed by atoms with E-state index in [1.807, 2.05) is 24.3 Å². The van der Waals surface area contributed by atoms with Crippen molar-refractivity contribution < 1.29 is 9.84 Å². The second kappa shape index (κ2) is 7.48. The Morgan fingerprint density at radius 2 is 2.00 bits per heavy atom. The van der Waals surface area contributed by atoms with Crippen molar-refractivity contribution >= 4 is 0 Å². The molecule has 3 N–H and O–H groups in total. The SMILES string of the molecule is NCc1ccccc1OCCCN1CCC(O)CC1. The number of ether oxygens (including phenoxy) is 1. The van der Waals surface area contributed by atoms with E-state index in [0.29, 0.717) is 6.54 Å². The number of piperidine rings is 1. The zero-order chi connectivity index (χ0) is 13.5. The van der Waals surface area contributed by atoms with Gasteiger partial charge < -0.3 is 20.5 Å². The van der Waals surface area contributed by atoms with E-state index in [1.165, 1.54) is 0 Å². The maximum absolute atomic E-state index is 9.44. The van der Waals surface area contributed by atoms with Gasteiger partial charge in [-0.2, -0.15) is 0 Å². The second-order valence-corrected chi connectivity index (χ2v) is 5.09. The molecule has 0 aliphatic carbocycles. The van der Waals surface area contributed by atoms with Gasteiger partial charge in [0.05, 0.1) is 12.7 Å². The van der Waals surface area contributed by atoms with Gasteiger partial charge in [0.15, 0.2) is 0 Å². The first-order valence-corrected chi connectivity index (χ1v) is 7.11. The van der Waals surface area contributed by atoms with E-state index in [2.05, 4.69) is 4.90 Å². The molecule has 4 heteroatoms. The molecule has 0 saturated carbocycles. The number of nitrogens with two attached hydrogens (primary N) is 1. The predicted molar refractivity (Wildman–Crippen MR) is 76.1 cm³/mol. The smallest absolute Gasteiger partial charge is 0.123 e. The Balaban J connectivity index is 1.66. The van der Waals surface area contributed by atoms with E-state index in [4.69, 9.17) is 10.5 Å². The van der Waals surface area contributed by atoms with E-state index < -0.39 is 0 Å². The van der Waals surface area contributed by atoms with Crippen LogP contribution in [0.2, 0.25) is 0 Å². The molecule has 1 saturated heterocycles. The third kappa shape index (κ3) is 4.49. The molecule has 106 valence electrons. The Morgan fingerprint density at radius 3 is 2.74 bits per heavy atom. The van der Waals surface area contributed by atoms with Crippen molar-refractivity contribution in [2.45, 2.75) is 31.9 Å². The van der Waals surface area contributed by atoms with Crippen LogP contribution in [0.1, 0.15) is 24.8 Å². The monoisotopic (exact) mass is 264 g/mol. The van der Waals surface area contributed by atoms with Crippen molar-refractivity contribution in [3.05, 3.63) is 29.8 Å². The van der Waals surface area contributed by atoms with Gasteiger partial charge in [-0.05, 0) is 25.3 Å². The summed E-state index contributed by atoms with van der Waals surface area (Å²) in [5.41, 5.74) is 6.73. The quantitative estimate of drug-likeness (QED) is 0.762. The van der Waals surface area contributed by atoms with Gasteiger partial charge in [0.25, 0.3) is 0 Å². The summed E-state index contributed by atoms with van der Waals surface area (Å²) < 4.78 is 5.78. The predicted octanol–water partition coefficient (Wildman–Crippen LogP) is 1.37. The number of hydrogen-bond donors (Lipinski definition) is 2. The molecule has 1 aliphatic rings. The number of likely N-dealkylation sites (tertiary alicyclic amines) is 1. The fourth-order valence-electron chi connectivity index (χ4n) is 2.43. The van der Waals surface area contributed by atoms with Crippen molar-refractivity contribution in [3.63, 3.8) is 0 Å². The summed E-state index contributed by atoms with van der Waals surface area (Å²) in [6.07, 6.45) is 2.71. The van der Waals surface area contributed by atoms with E-state index in [-0.39, 0.29) is 6.10 Å². The number of nitrogens with zero attached hydrogens (tertiary/aromatic N) is 1. The number of aliphatic hydroxyl groups excluding tert-OH is 1. The number of hydrogen-bond acceptors (Lipinski definition) is 4. The highest BCUT2D eigenvalue weighted by molar-refractivity contribution is 5.32. The molecule has 0 spiro atoms. The summed E-state index contributed by atoms with van der Waals surface area (Å²) in [6, 6.07) is 7.93. The first kappa shape index (κ1) is 14.3. The minimum atomic E-state index is -0.0936. The molecule has 19 heavy (non-hydrogen) atoms. The summed E-state index contributed by atoms with van der Waals surface area (Å²) >= 11 is 0. The average Bonchev–Trinajstić information content (AvgIpc) is 2.46. The van der Waals surface area contributed by atoms with Crippen LogP contribution >= 0.6 is 0 Å². The van der Waals surface area contributed by atoms with Crippen molar-refractivity contribution in [2.75, 3.05) is 26.2 Å². The standard InChI is InChI=1S/C15H24N2O2/c16-12-13-4-1-2-5-15(13)19-11-3-8-17-9-6-14(18)7-10-17/h1-2,4-5,14,18H,3,6-12,16H2. The molecule has 1 aromatic rings. The maximum Gasteiger partial charge on any atom is 0.123 e. The van der Waals surface area contributed by atoms with E-state index in [1.54, 1.807) is 0 Å². The molecule has 0 aromatic heterocycles. The first-order valence-electron chi connectivity index (χ1n) is 7.11. The summed E-state index contributed by atoms with van der Waals surface area (Å²) in [5, 5.41) is 9.44. The Hall–Kier alpha value is -1.10. The zero-order valence-electron chi connectivity index (χ0n) is 11.4. The highest BCUT2D eigenvalue weighted by Crippen LogP contribution is 2.17. The first-order chi connectivity index (χ1) is 9.29. The van der Waals surface area contributed by atoms with Gasteiger partial charge in [0, 0.05) is 31.7 Å². The van der Waals surface area contributed by atoms with Crippen LogP contribution < -0.4 is 10.5 Å². The van der Waals surface area contributed by atoms with Crippen LogP contribution in [0.3, 0.4) is 0 Å². The third-order valence-corrected chi connectivity index (χ3v) is 3.63. The van der Waals surface area contributed by atoms with Crippen LogP contribution in [0.15, 0.2) is 24.3 Å². The van der Waals surface area contributed by atoms with Crippen molar-refractivity contribution in [1.82, 2.24) is 4.90 Å². The zero-order valence-corrected chi connectivity index (χ0v) is 11.4. The lowest BCUT2D eigenvalue weighted by molar-refractivity contribution is 0.0800. The fraction of sp³-hybridized carbons (Fsp3) is 0.600. The van der Waals surface area contributed by atoms with Crippen molar-refractivity contribution in [1.29, 1.82) is 0 Å². The van der Waals surface area contributed by atoms with Gasteiger partial charge in [-0.3, -0.25) is 0 Å².